The standard InChI is InChI=1S/C38H59N3O5S2/c1-5-8-11-13-15-16-17-18-20-22-27-48(44,45)41-32-28-30(46-26-21-19-14-12-9-6-2)23-24-31(32)33-35(42)34(36(33)43)37-29(4)40-38(47-37)39-25-10-7-3/h23-24,28,41-42H,5-22,25-27H2,1-4H3/p+1. The molecule has 0 radical (unpaired) electrons. The topological polar surface area (TPSA) is 119 Å². The Morgan fingerprint density at radius 3 is 2.00 bits per heavy atom. The van der Waals surface area contributed by atoms with Gasteiger partial charge in [0.1, 0.15) is 11.5 Å². The number of allylic oxidation sites excluding steroid dienone is 3. The van der Waals surface area contributed by atoms with E-state index >= 15 is 0 Å². The molecule has 0 spiro atoms. The summed E-state index contributed by atoms with van der Waals surface area (Å²) in [5, 5.41) is 11.9. The number of rotatable bonds is 25. The van der Waals surface area contributed by atoms with Gasteiger partial charge in [0.15, 0.2) is 5.71 Å². The number of benzene rings is 1. The van der Waals surface area contributed by atoms with Crippen molar-refractivity contribution in [2.45, 2.75) is 143 Å². The fraction of sp³-hybridized carbons (Fsp3) is 0.658. The van der Waals surface area contributed by atoms with Crippen molar-refractivity contribution in [3.8, 4) is 5.75 Å². The summed E-state index contributed by atoms with van der Waals surface area (Å²) in [6, 6.07) is 5.06. The number of hydrogen-bond acceptors (Lipinski definition) is 6. The number of aliphatic hydroxyl groups excluding tert-OH is 1. The Morgan fingerprint density at radius 1 is 0.812 bits per heavy atom. The number of nitrogens with zero attached hydrogens (tertiary/aromatic N) is 1. The highest BCUT2D eigenvalue weighted by Gasteiger charge is 2.42. The Kier molecular flexibility index (Phi) is 17.8. The van der Waals surface area contributed by atoms with E-state index < -0.39 is 10.0 Å². The molecule has 0 saturated heterocycles. The Hall–Kier alpha value is -2.59. The van der Waals surface area contributed by atoms with Crippen LogP contribution in [-0.4, -0.2) is 49.1 Å². The van der Waals surface area contributed by atoms with E-state index in [9.17, 15) is 18.3 Å². The minimum Gasteiger partial charge on any atom is -0.506 e. The van der Waals surface area contributed by atoms with E-state index in [4.69, 9.17) is 4.74 Å². The van der Waals surface area contributed by atoms with Crippen LogP contribution in [0.25, 0.3) is 5.57 Å². The molecule has 10 heteroatoms. The molecule has 0 saturated carbocycles. The molecule has 0 bridgehead atoms. The van der Waals surface area contributed by atoms with Crippen LogP contribution in [0.15, 0.2) is 39.4 Å². The lowest BCUT2D eigenvalue weighted by Crippen LogP contribution is -2.71. The molecule has 3 rings (SSSR count). The molecule has 0 atom stereocenters. The highest BCUT2D eigenvalue weighted by atomic mass is 32.2. The predicted molar refractivity (Wildman–Crippen MR) is 203 cm³/mol. The predicted octanol–water partition coefficient (Wildman–Crippen LogP) is 8.64. The van der Waals surface area contributed by atoms with Gasteiger partial charge < -0.3 is 9.84 Å². The van der Waals surface area contributed by atoms with E-state index in [-0.39, 0.29) is 34.1 Å². The summed E-state index contributed by atoms with van der Waals surface area (Å²) < 4.78 is 35.3. The molecule has 2 aliphatic rings. The van der Waals surface area contributed by atoms with Gasteiger partial charge in [0, 0.05) is 30.3 Å². The van der Waals surface area contributed by atoms with Crippen LogP contribution < -0.4 is 14.5 Å². The van der Waals surface area contributed by atoms with Gasteiger partial charge in [0.05, 0.1) is 40.6 Å². The number of aliphatic imine (C=N–C) groups is 1. The fourth-order valence-corrected chi connectivity index (χ4v) is 8.15. The maximum absolute atomic E-state index is 13.6. The zero-order chi connectivity index (χ0) is 34.8. The minimum atomic E-state index is -3.70. The van der Waals surface area contributed by atoms with Crippen molar-refractivity contribution in [3.05, 3.63) is 40.0 Å². The molecule has 0 aromatic heterocycles. The van der Waals surface area contributed by atoms with E-state index in [1.165, 1.54) is 76.0 Å². The lowest BCUT2D eigenvalue weighted by molar-refractivity contribution is -0.455. The minimum absolute atomic E-state index is 0.00396. The number of aliphatic hydroxyl groups is 1. The van der Waals surface area contributed by atoms with Gasteiger partial charge in [-0.15, -0.1) is 0 Å². The summed E-state index contributed by atoms with van der Waals surface area (Å²) in [5.41, 5.74) is 1.61. The second-order valence-corrected chi connectivity index (χ2v) is 15.9. The van der Waals surface area contributed by atoms with Gasteiger partial charge in [0.25, 0.3) is 0 Å². The fourth-order valence-electron chi connectivity index (χ4n) is 5.93. The number of ether oxygens (including phenoxy) is 1. The van der Waals surface area contributed by atoms with Crippen molar-refractivity contribution in [2.24, 2.45) is 4.99 Å². The van der Waals surface area contributed by atoms with Crippen LogP contribution in [0.4, 0.5) is 5.69 Å². The molecule has 48 heavy (non-hydrogen) atoms. The summed E-state index contributed by atoms with van der Waals surface area (Å²) >= 11 is 1.35. The van der Waals surface area contributed by atoms with Gasteiger partial charge >= 0.3 is 5.17 Å². The van der Waals surface area contributed by atoms with Crippen LogP contribution in [0.1, 0.15) is 149 Å². The number of hydrogen-bond donors (Lipinski definition) is 3. The molecular formula is C38H60N3O5S2+. The number of Topliss-reactive ketones (excluding diaryl/α,β-unsaturated/α-hetero) is 1. The lowest BCUT2D eigenvalue weighted by Gasteiger charge is -2.25. The summed E-state index contributed by atoms with van der Waals surface area (Å²) in [7, 11) is -3.70. The second kappa shape index (κ2) is 21.5. The van der Waals surface area contributed by atoms with E-state index in [0.29, 0.717) is 40.1 Å². The summed E-state index contributed by atoms with van der Waals surface area (Å²) in [4.78, 5) is 22.0. The Bertz CT molecular complexity index is 1430. The van der Waals surface area contributed by atoms with Crippen molar-refractivity contribution in [2.75, 3.05) is 23.6 Å². The van der Waals surface area contributed by atoms with Gasteiger partial charge in [-0.3, -0.25) is 14.5 Å². The maximum Gasteiger partial charge on any atom is 0.357 e. The average molecular weight is 703 g/mol. The molecule has 8 nitrogen and oxygen atoms in total. The molecule has 0 fully saturated rings. The number of unbranched alkanes of at least 4 members (excludes halogenated alkanes) is 15. The molecule has 0 unspecified atom stereocenters. The van der Waals surface area contributed by atoms with E-state index in [2.05, 4.69) is 35.5 Å². The third kappa shape index (κ3) is 12.7. The van der Waals surface area contributed by atoms with Crippen molar-refractivity contribution in [1.29, 1.82) is 0 Å². The van der Waals surface area contributed by atoms with E-state index in [1.54, 1.807) is 18.2 Å². The third-order valence-electron chi connectivity index (χ3n) is 8.82. The van der Waals surface area contributed by atoms with Crippen LogP contribution in [0.2, 0.25) is 0 Å². The van der Waals surface area contributed by atoms with Crippen LogP contribution >= 0.6 is 11.8 Å². The normalized spacial score (nSPS) is 17.3. The largest absolute Gasteiger partial charge is 0.506 e. The number of nitrogens with one attached hydrogen (secondary N) is 2. The number of thioether (sulfide) groups is 1. The Morgan fingerprint density at radius 2 is 1.40 bits per heavy atom. The van der Waals surface area contributed by atoms with Gasteiger partial charge in [0.2, 0.25) is 15.8 Å². The second-order valence-electron chi connectivity index (χ2n) is 13.1. The number of anilines is 1. The quantitative estimate of drug-likeness (QED) is 0.0694. The number of ketones is 1. The van der Waals surface area contributed by atoms with Crippen LogP contribution in [0.5, 0.6) is 5.75 Å². The van der Waals surface area contributed by atoms with E-state index in [0.717, 1.165) is 51.5 Å². The zero-order valence-corrected chi connectivity index (χ0v) is 31.6. The molecule has 1 aromatic carbocycles. The lowest BCUT2D eigenvalue weighted by atomic mass is 9.82. The zero-order valence-electron chi connectivity index (χ0n) is 29.9. The highest BCUT2D eigenvalue weighted by Crippen LogP contribution is 2.45. The van der Waals surface area contributed by atoms with Crippen LogP contribution in [0, 0.1) is 0 Å². The number of carbonyl (C=O) groups excluding carboxylic acids is 1. The van der Waals surface area contributed by atoms with Crippen molar-refractivity contribution >= 4 is 49.7 Å². The SMILES string of the molecule is CCCCCCCCCCCCS(=O)(=O)Nc1cc(OCCCCCCCC)ccc1C1=C(O)C(=C2SC(=[NH+]CCCC)N=C2C)C1=O. The van der Waals surface area contributed by atoms with Crippen molar-refractivity contribution < 1.29 is 28.0 Å². The molecule has 3 N–H and O–H groups in total. The molecule has 1 aliphatic heterocycles. The van der Waals surface area contributed by atoms with Gasteiger partial charge in [-0.2, -0.15) is 0 Å². The third-order valence-corrected chi connectivity index (χ3v) is 11.3. The first kappa shape index (κ1) is 39.8. The van der Waals surface area contributed by atoms with Crippen LogP contribution in [-0.2, 0) is 14.8 Å². The average Bonchev–Trinajstić information content (AvgIpc) is 3.41. The molecule has 1 heterocycles. The molecule has 1 aliphatic carbocycles. The Balaban J connectivity index is 1.72. The number of sulfonamides is 1. The summed E-state index contributed by atoms with van der Waals surface area (Å²) in [6.45, 7) is 9.68. The maximum atomic E-state index is 13.6. The smallest absolute Gasteiger partial charge is 0.357 e. The van der Waals surface area contributed by atoms with Gasteiger partial charge in [-0.25, -0.2) is 8.42 Å². The monoisotopic (exact) mass is 702 g/mol. The Labute approximate surface area is 294 Å². The molecule has 0 amide bonds. The molecule has 1 aromatic rings. The summed E-state index contributed by atoms with van der Waals surface area (Å²) in [6.07, 6.45) is 20.1. The van der Waals surface area contributed by atoms with Crippen LogP contribution in [0.3, 0.4) is 0 Å². The number of amidine groups is 1. The molecular weight excluding hydrogens is 643 g/mol. The van der Waals surface area contributed by atoms with Gasteiger partial charge in [-0.1, -0.05) is 117 Å². The molecule has 268 valence electrons. The highest BCUT2D eigenvalue weighted by molar-refractivity contribution is 8.18. The number of carbonyl (C=O) groups is 1. The first-order valence-corrected chi connectivity index (χ1v) is 21.0. The first-order valence-electron chi connectivity index (χ1n) is 18.6. The first-order chi connectivity index (χ1) is 23.2. The van der Waals surface area contributed by atoms with E-state index in [1.807, 2.05) is 6.92 Å². The van der Waals surface area contributed by atoms with Gasteiger partial charge in [-0.05, 0) is 36.4 Å². The van der Waals surface area contributed by atoms with Crippen molar-refractivity contribution in [3.63, 3.8) is 0 Å². The van der Waals surface area contributed by atoms with Crippen molar-refractivity contribution in [1.82, 2.24) is 0 Å². The summed E-state index contributed by atoms with van der Waals surface area (Å²) in [5.74, 6) is 0.0646.